The molecule has 1 rings (SSSR count). The number of nitrogens with one attached hydrogen (secondary N) is 1. The Balaban J connectivity index is 3.08. The first-order valence-corrected chi connectivity index (χ1v) is 6.58. The van der Waals surface area contributed by atoms with Gasteiger partial charge in [0.25, 0.3) is 0 Å². The normalized spacial score (nSPS) is 10.4. The van der Waals surface area contributed by atoms with Crippen LogP contribution >= 0.6 is 0 Å². The minimum absolute atomic E-state index is 0.281. The Morgan fingerprint density at radius 2 is 2.06 bits per heavy atom. The SMILES string of the molecule is Cc1cc(C#CCN)cc(NS(C)(=O)=O)c1. The molecule has 0 aliphatic carbocycles. The van der Waals surface area contributed by atoms with E-state index < -0.39 is 10.0 Å². The van der Waals surface area contributed by atoms with Crippen molar-refractivity contribution in [3.8, 4) is 11.8 Å². The summed E-state index contributed by atoms with van der Waals surface area (Å²) in [5.41, 5.74) is 7.47. The summed E-state index contributed by atoms with van der Waals surface area (Å²) in [5, 5.41) is 0. The van der Waals surface area contributed by atoms with Crippen LogP contribution in [0.5, 0.6) is 0 Å². The Labute approximate surface area is 95.9 Å². The quantitative estimate of drug-likeness (QED) is 0.744. The van der Waals surface area contributed by atoms with Crippen molar-refractivity contribution >= 4 is 15.7 Å². The molecule has 0 radical (unpaired) electrons. The highest BCUT2D eigenvalue weighted by atomic mass is 32.2. The van der Waals surface area contributed by atoms with E-state index in [0.717, 1.165) is 17.4 Å². The maximum atomic E-state index is 11.1. The topological polar surface area (TPSA) is 72.2 Å². The zero-order valence-corrected chi connectivity index (χ0v) is 10.1. The molecular formula is C11H14N2O2S. The highest BCUT2D eigenvalue weighted by Gasteiger charge is 2.02. The van der Waals surface area contributed by atoms with Crippen LogP contribution < -0.4 is 10.5 Å². The summed E-state index contributed by atoms with van der Waals surface area (Å²) in [5.74, 6) is 5.58. The van der Waals surface area contributed by atoms with Crippen molar-refractivity contribution in [3.05, 3.63) is 29.3 Å². The molecule has 3 N–H and O–H groups in total. The average molecular weight is 238 g/mol. The third kappa shape index (κ3) is 4.34. The summed E-state index contributed by atoms with van der Waals surface area (Å²) in [4.78, 5) is 0. The van der Waals surface area contributed by atoms with Crippen molar-refractivity contribution in [3.63, 3.8) is 0 Å². The third-order valence-corrected chi connectivity index (χ3v) is 2.32. The molecule has 5 heteroatoms. The zero-order valence-electron chi connectivity index (χ0n) is 9.24. The van der Waals surface area contributed by atoms with Crippen LogP contribution in [0.25, 0.3) is 0 Å². The molecule has 0 saturated heterocycles. The Morgan fingerprint density at radius 1 is 1.38 bits per heavy atom. The fourth-order valence-corrected chi connectivity index (χ4v) is 1.83. The van der Waals surface area contributed by atoms with Crippen molar-refractivity contribution in [2.75, 3.05) is 17.5 Å². The molecule has 0 unspecified atom stereocenters. The lowest BCUT2D eigenvalue weighted by atomic mass is 10.1. The van der Waals surface area contributed by atoms with Gasteiger partial charge in [-0.15, -0.1) is 0 Å². The van der Waals surface area contributed by atoms with E-state index in [0.29, 0.717) is 5.69 Å². The summed E-state index contributed by atoms with van der Waals surface area (Å²) >= 11 is 0. The number of sulfonamides is 1. The minimum atomic E-state index is -3.25. The van der Waals surface area contributed by atoms with Crippen LogP contribution in [0.3, 0.4) is 0 Å². The van der Waals surface area contributed by atoms with Gasteiger partial charge in [-0.2, -0.15) is 0 Å². The molecule has 0 spiro atoms. The molecule has 0 aliphatic rings. The molecule has 0 aromatic heterocycles. The largest absolute Gasteiger partial charge is 0.320 e. The molecule has 1 aromatic carbocycles. The summed E-state index contributed by atoms with van der Waals surface area (Å²) in [6.45, 7) is 2.16. The van der Waals surface area contributed by atoms with Crippen LogP contribution in [0.2, 0.25) is 0 Å². The van der Waals surface area contributed by atoms with Crippen LogP contribution in [0, 0.1) is 18.8 Å². The molecule has 0 aliphatic heterocycles. The molecular weight excluding hydrogens is 224 g/mol. The number of hydrogen-bond acceptors (Lipinski definition) is 3. The molecule has 4 nitrogen and oxygen atoms in total. The van der Waals surface area contributed by atoms with E-state index in [1.807, 2.05) is 13.0 Å². The zero-order chi connectivity index (χ0) is 12.2. The van der Waals surface area contributed by atoms with Gasteiger partial charge in [0.05, 0.1) is 12.8 Å². The van der Waals surface area contributed by atoms with Gasteiger partial charge in [-0.25, -0.2) is 8.42 Å². The molecule has 0 heterocycles. The van der Waals surface area contributed by atoms with Gasteiger partial charge in [-0.3, -0.25) is 4.72 Å². The van der Waals surface area contributed by atoms with E-state index in [4.69, 9.17) is 5.73 Å². The highest BCUT2D eigenvalue weighted by Crippen LogP contribution is 2.14. The first kappa shape index (κ1) is 12.6. The van der Waals surface area contributed by atoms with Gasteiger partial charge in [0.1, 0.15) is 0 Å². The van der Waals surface area contributed by atoms with Gasteiger partial charge in [-0.05, 0) is 30.7 Å². The number of aryl methyl sites for hydroxylation is 1. The van der Waals surface area contributed by atoms with E-state index in [1.54, 1.807) is 12.1 Å². The maximum absolute atomic E-state index is 11.1. The lowest BCUT2D eigenvalue weighted by Crippen LogP contribution is -2.09. The fourth-order valence-electron chi connectivity index (χ4n) is 1.28. The van der Waals surface area contributed by atoms with Crippen molar-refractivity contribution in [1.82, 2.24) is 0 Å². The monoisotopic (exact) mass is 238 g/mol. The molecule has 86 valence electrons. The van der Waals surface area contributed by atoms with Gasteiger partial charge in [0.2, 0.25) is 10.0 Å². The van der Waals surface area contributed by atoms with E-state index >= 15 is 0 Å². The summed E-state index contributed by atoms with van der Waals surface area (Å²) < 4.78 is 24.6. The number of rotatable bonds is 2. The Hall–Kier alpha value is -1.51. The standard InChI is InChI=1S/C11H14N2O2S/c1-9-6-10(4-3-5-12)8-11(7-9)13-16(2,14)15/h6-8,13H,5,12H2,1-2H3. The lowest BCUT2D eigenvalue weighted by molar-refractivity contribution is 0.607. The van der Waals surface area contributed by atoms with Crippen LogP contribution in [0.15, 0.2) is 18.2 Å². The first-order chi connectivity index (χ1) is 7.40. The molecule has 0 bridgehead atoms. The predicted octanol–water partition coefficient (Wildman–Crippen LogP) is 0.677. The molecule has 0 amide bonds. The van der Waals surface area contributed by atoms with E-state index in [1.165, 1.54) is 0 Å². The van der Waals surface area contributed by atoms with Crippen LogP contribution in [-0.2, 0) is 10.0 Å². The van der Waals surface area contributed by atoms with Crippen molar-refractivity contribution in [2.45, 2.75) is 6.92 Å². The Morgan fingerprint density at radius 3 is 2.62 bits per heavy atom. The second kappa shape index (κ2) is 5.01. The minimum Gasteiger partial charge on any atom is -0.320 e. The fraction of sp³-hybridized carbons (Fsp3) is 0.273. The van der Waals surface area contributed by atoms with Crippen molar-refractivity contribution in [2.24, 2.45) is 5.73 Å². The number of benzene rings is 1. The lowest BCUT2D eigenvalue weighted by Gasteiger charge is -2.05. The molecule has 0 saturated carbocycles. The van der Waals surface area contributed by atoms with Gasteiger partial charge in [0, 0.05) is 11.3 Å². The summed E-state index contributed by atoms with van der Waals surface area (Å²) in [7, 11) is -3.25. The van der Waals surface area contributed by atoms with Gasteiger partial charge < -0.3 is 5.73 Å². The van der Waals surface area contributed by atoms with Gasteiger partial charge in [0.15, 0.2) is 0 Å². The second-order valence-corrected chi connectivity index (χ2v) is 5.22. The smallest absolute Gasteiger partial charge is 0.229 e. The molecule has 0 fully saturated rings. The average Bonchev–Trinajstić information content (AvgIpc) is 2.10. The summed E-state index contributed by atoms with van der Waals surface area (Å²) in [6.07, 6.45) is 1.11. The number of hydrogen-bond donors (Lipinski definition) is 2. The third-order valence-electron chi connectivity index (χ3n) is 1.72. The van der Waals surface area contributed by atoms with Gasteiger partial charge in [-0.1, -0.05) is 11.8 Å². The van der Waals surface area contributed by atoms with Crippen LogP contribution in [0.1, 0.15) is 11.1 Å². The van der Waals surface area contributed by atoms with Crippen LogP contribution in [0.4, 0.5) is 5.69 Å². The van der Waals surface area contributed by atoms with Crippen molar-refractivity contribution in [1.29, 1.82) is 0 Å². The Kier molecular flexibility index (Phi) is 3.93. The second-order valence-electron chi connectivity index (χ2n) is 3.47. The van der Waals surface area contributed by atoms with E-state index in [-0.39, 0.29) is 6.54 Å². The van der Waals surface area contributed by atoms with E-state index in [2.05, 4.69) is 16.6 Å². The highest BCUT2D eigenvalue weighted by molar-refractivity contribution is 7.92. The van der Waals surface area contributed by atoms with Crippen LogP contribution in [-0.4, -0.2) is 21.2 Å². The van der Waals surface area contributed by atoms with Gasteiger partial charge >= 0.3 is 0 Å². The first-order valence-electron chi connectivity index (χ1n) is 4.69. The maximum Gasteiger partial charge on any atom is 0.229 e. The van der Waals surface area contributed by atoms with E-state index in [9.17, 15) is 8.42 Å². The number of anilines is 1. The molecule has 16 heavy (non-hydrogen) atoms. The predicted molar refractivity (Wildman–Crippen MR) is 65.6 cm³/mol. The number of nitrogens with two attached hydrogens (primary N) is 1. The van der Waals surface area contributed by atoms with Crippen molar-refractivity contribution < 1.29 is 8.42 Å². The Bertz CT molecular complexity index is 539. The summed E-state index contributed by atoms with van der Waals surface area (Å²) in [6, 6.07) is 5.29. The molecule has 1 aromatic rings. The molecule has 0 atom stereocenters.